The number of ether oxygens (including phenoxy) is 1. The first-order valence-corrected chi connectivity index (χ1v) is 8.36. The largest absolute Gasteiger partial charge is 0.465 e. The Labute approximate surface area is 139 Å². The molecule has 6 rings (SSSR count). The Balaban J connectivity index is 1.54. The molecule has 2 saturated carbocycles. The Hall–Kier alpha value is -2.43. The summed E-state index contributed by atoms with van der Waals surface area (Å²) in [7, 11) is 1.31. The summed E-state index contributed by atoms with van der Waals surface area (Å²) in [6, 6.07) is 6.56. The standard InChI is InChI=1S/C19H17NO4/c1-24-19(23)9-3-2-4-10(7-9)20-17(21)15-11-5-6-12(14-8-13(11)14)16(15)18(20)22/h2-7,11-16H,8H2,1H3/t11-,12-,13-,14+,15+,16+/m1/s1. The number of hydrogen-bond donors (Lipinski definition) is 0. The van der Waals surface area contributed by atoms with Crippen molar-refractivity contribution in [3.63, 3.8) is 0 Å². The van der Waals surface area contributed by atoms with E-state index >= 15 is 0 Å². The van der Waals surface area contributed by atoms with Gasteiger partial charge in [0.15, 0.2) is 0 Å². The van der Waals surface area contributed by atoms with Gasteiger partial charge in [0, 0.05) is 0 Å². The number of methoxy groups -OCH3 is 1. The Morgan fingerprint density at radius 2 is 1.71 bits per heavy atom. The molecule has 1 heterocycles. The lowest BCUT2D eigenvalue weighted by molar-refractivity contribution is -0.124. The van der Waals surface area contributed by atoms with Crippen molar-refractivity contribution in [3.8, 4) is 0 Å². The highest BCUT2D eigenvalue weighted by atomic mass is 16.5. The molecule has 3 fully saturated rings. The summed E-state index contributed by atoms with van der Waals surface area (Å²) in [4.78, 5) is 39.0. The van der Waals surface area contributed by atoms with Crippen LogP contribution in [0.5, 0.6) is 0 Å². The molecular formula is C19H17NO4. The summed E-state index contributed by atoms with van der Waals surface area (Å²) in [5.41, 5.74) is 0.810. The van der Waals surface area contributed by atoms with E-state index in [0.29, 0.717) is 23.1 Å². The van der Waals surface area contributed by atoms with Gasteiger partial charge in [0.1, 0.15) is 0 Å². The highest BCUT2D eigenvalue weighted by Crippen LogP contribution is 2.65. The number of rotatable bonds is 2. The SMILES string of the molecule is COC(=O)c1cccc(N2C(=O)[C@H]3[C@@H]4C=C[C@H]([C@@H]5C[C@H]45)[C@@H]3C2=O)c1. The third kappa shape index (κ3) is 1.62. The second-order valence-corrected chi connectivity index (χ2v) is 7.21. The Bertz CT molecular complexity index is 777. The van der Waals surface area contributed by atoms with Crippen LogP contribution in [0, 0.1) is 35.5 Å². The zero-order valence-corrected chi connectivity index (χ0v) is 13.2. The molecule has 4 aliphatic carbocycles. The molecule has 0 aromatic heterocycles. The van der Waals surface area contributed by atoms with Crippen molar-refractivity contribution in [3.05, 3.63) is 42.0 Å². The third-order valence-corrected chi connectivity index (χ3v) is 6.19. The maximum absolute atomic E-state index is 13.0. The van der Waals surface area contributed by atoms with Crippen molar-refractivity contribution in [2.75, 3.05) is 12.0 Å². The maximum atomic E-state index is 13.0. The average molecular weight is 323 g/mol. The molecule has 2 bridgehead atoms. The first-order chi connectivity index (χ1) is 11.6. The van der Waals surface area contributed by atoms with Crippen LogP contribution in [0.4, 0.5) is 5.69 Å². The maximum Gasteiger partial charge on any atom is 0.337 e. The van der Waals surface area contributed by atoms with Crippen molar-refractivity contribution < 1.29 is 19.1 Å². The lowest BCUT2D eigenvalue weighted by Gasteiger charge is -2.37. The number of amides is 2. The topological polar surface area (TPSA) is 63.7 Å². The molecule has 0 spiro atoms. The van der Waals surface area contributed by atoms with Gasteiger partial charge >= 0.3 is 5.97 Å². The molecular weight excluding hydrogens is 306 g/mol. The quantitative estimate of drug-likeness (QED) is 0.475. The molecule has 5 heteroatoms. The minimum absolute atomic E-state index is 0.114. The molecule has 0 radical (unpaired) electrons. The van der Waals surface area contributed by atoms with Crippen LogP contribution < -0.4 is 4.90 Å². The smallest absolute Gasteiger partial charge is 0.337 e. The van der Waals surface area contributed by atoms with Gasteiger partial charge in [-0.25, -0.2) is 9.69 Å². The fourth-order valence-corrected chi connectivity index (χ4v) is 5.10. The van der Waals surface area contributed by atoms with Crippen LogP contribution in [0.15, 0.2) is 36.4 Å². The van der Waals surface area contributed by atoms with E-state index in [1.807, 2.05) is 0 Å². The highest BCUT2D eigenvalue weighted by Gasteiger charge is 2.67. The number of carbonyl (C=O) groups excluding carboxylic acids is 3. The van der Waals surface area contributed by atoms with E-state index in [1.165, 1.54) is 12.0 Å². The normalized spacial score (nSPS) is 38.1. The number of esters is 1. The number of hydrogen-bond acceptors (Lipinski definition) is 4. The van der Waals surface area contributed by atoms with Gasteiger partial charge in [0.2, 0.25) is 11.8 Å². The Morgan fingerprint density at radius 1 is 1.08 bits per heavy atom. The van der Waals surface area contributed by atoms with Crippen molar-refractivity contribution >= 4 is 23.5 Å². The molecule has 0 unspecified atom stereocenters. The van der Waals surface area contributed by atoms with Gasteiger partial charge in [-0.15, -0.1) is 0 Å². The summed E-state index contributed by atoms with van der Waals surface area (Å²) in [6.45, 7) is 0. The second-order valence-electron chi connectivity index (χ2n) is 7.21. The van der Waals surface area contributed by atoms with E-state index in [4.69, 9.17) is 4.74 Å². The second kappa shape index (κ2) is 4.56. The molecule has 1 aromatic carbocycles. The molecule has 1 aromatic rings. The molecule has 5 aliphatic rings. The van der Waals surface area contributed by atoms with Gasteiger partial charge in [0.05, 0.1) is 30.2 Å². The minimum Gasteiger partial charge on any atom is -0.465 e. The zero-order chi connectivity index (χ0) is 16.6. The molecule has 6 atom stereocenters. The number of imide groups is 1. The number of carbonyl (C=O) groups is 3. The van der Waals surface area contributed by atoms with E-state index in [9.17, 15) is 14.4 Å². The summed E-state index contributed by atoms with van der Waals surface area (Å²) in [5, 5.41) is 0. The first-order valence-electron chi connectivity index (χ1n) is 8.36. The number of allylic oxidation sites excluding steroid dienone is 2. The van der Waals surface area contributed by atoms with Crippen LogP contribution in [-0.2, 0) is 14.3 Å². The number of anilines is 1. The van der Waals surface area contributed by atoms with Gasteiger partial charge in [0.25, 0.3) is 0 Å². The van der Waals surface area contributed by atoms with E-state index in [0.717, 1.165) is 6.42 Å². The lowest BCUT2D eigenvalue weighted by Crippen LogP contribution is -2.40. The van der Waals surface area contributed by atoms with Crippen LogP contribution in [-0.4, -0.2) is 24.9 Å². The van der Waals surface area contributed by atoms with Gasteiger partial charge in [-0.2, -0.15) is 0 Å². The summed E-state index contributed by atoms with van der Waals surface area (Å²) in [6.07, 6.45) is 5.45. The lowest BCUT2D eigenvalue weighted by atomic mass is 9.63. The average Bonchev–Trinajstić information content (AvgIpc) is 3.38. The van der Waals surface area contributed by atoms with Crippen molar-refractivity contribution in [2.24, 2.45) is 35.5 Å². The fourth-order valence-electron chi connectivity index (χ4n) is 5.10. The van der Waals surface area contributed by atoms with Crippen LogP contribution in [0.25, 0.3) is 0 Å². The summed E-state index contributed by atoms with van der Waals surface area (Å²) < 4.78 is 4.73. The van der Waals surface area contributed by atoms with E-state index in [1.54, 1.807) is 24.3 Å². The molecule has 122 valence electrons. The summed E-state index contributed by atoms with van der Waals surface area (Å²) in [5.74, 6) is 0.421. The number of benzene rings is 1. The highest BCUT2D eigenvalue weighted by molar-refractivity contribution is 6.22. The van der Waals surface area contributed by atoms with Crippen LogP contribution >= 0.6 is 0 Å². The summed E-state index contributed by atoms with van der Waals surface area (Å²) >= 11 is 0. The molecule has 0 N–H and O–H groups in total. The number of nitrogens with zero attached hydrogens (tertiary/aromatic N) is 1. The Morgan fingerprint density at radius 3 is 2.29 bits per heavy atom. The molecule has 24 heavy (non-hydrogen) atoms. The van der Waals surface area contributed by atoms with Gasteiger partial charge in [-0.05, 0) is 48.3 Å². The minimum atomic E-state index is -0.476. The van der Waals surface area contributed by atoms with Crippen molar-refractivity contribution in [1.29, 1.82) is 0 Å². The van der Waals surface area contributed by atoms with Gasteiger partial charge in [-0.3, -0.25) is 9.59 Å². The fraction of sp³-hybridized carbons (Fsp3) is 0.421. The molecule has 2 amide bonds. The third-order valence-electron chi connectivity index (χ3n) is 6.19. The first kappa shape index (κ1) is 14.0. The van der Waals surface area contributed by atoms with E-state index < -0.39 is 5.97 Å². The van der Waals surface area contributed by atoms with E-state index in [2.05, 4.69) is 12.2 Å². The van der Waals surface area contributed by atoms with Crippen LogP contribution in [0.1, 0.15) is 16.8 Å². The zero-order valence-electron chi connectivity index (χ0n) is 13.2. The van der Waals surface area contributed by atoms with Crippen LogP contribution in [0.3, 0.4) is 0 Å². The predicted molar refractivity (Wildman–Crippen MR) is 85.0 cm³/mol. The predicted octanol–water partition coefficient (Wildman–Crippen LogP) is 2.03. The van der Waals surface area contributed by atoms with E-state index in [-0.39, 0.29) is 35.5 Å². The molecule has 1 aliphatic heterocycles. The molecule has 5 nitrogen and oxygen atoms in total. The van der Waals surface area contributed by atoms with Crippen molar-refractivity contribution in [2.45, 2.75) is 6.42 Å². The van der Waals surface area contributed by atoms with Gasteiger partial charge in [-0.1, -0.05) is 18.2 Å². The monoisotopic (exact) mass is 323 g/mol. The van der Waals surface area contributed by atoms with Gasteiger partial charge < -0.3 is 4.74 Å². The van der Waals surface area contributed by atoms with Crippen molar-refractivity contribution in [1.82, 2.24) is 0 Å². The molecule has 1 saturated heterocycles. The van der Waals surface area contributed by atoms with Crippen LogP contribution in [0.2, 0.25) is 0 Å². The Kier molecular flexibility index (Phi) is 2.65.